The van der Waals surface area contributed by atoms with Gasteiger partial charge in [0.2, 0.25) is 11.5 Å². The molecular weight excluding hydrogens is 596 g/mol. The van der Waals surface area contributed by atoms with Crippen molar-refractivity contribution >= 4 is 0 Å². The van der Waals surface area contributed by atoms with Crippen molar-refractivity contribution in [1.29, 1.82) is 0 Å². The van der Waals surface area contributed by atoms with Crippen LogP contribution in [0, 0.1) is 5.21 Å². The average molecular weight is 639 g/mol. The maximum absolute atomic E-state index is 14.2. The first-order chi connectivity index (χ1) is 22.7. The van der Waals surface area contributed by atoms with Crippen molar-refractivity contribution in [3.8, 4) is 46.0 Å². The van der Waals surface area contributed by atoms with E-state index in [1.165, 1.54) is 5.56 Å². The van der Waals surface area contributed by atoms with Gasteiger partial charge < -0.3 is 38.3 Å². The largest absolute Gasteiger partial charge is 0.633 e. The number of methoxy groups -OCH3 is 4. The van der Waals surface area contributed by atoms with Crippen LogP contribution in [0.2, 0.25) is 0 Å². The van der Waals surface area contributed by atoms with Crippen LogP contribution in [0.15, 0.2) is 60.7 Å². The van der Waals surface area contributed by atoms with Gasteiger partial charge in [-0.1, -0.05) is 24.3 Å². The van der Waals surface area contributed by atoms with Gasteiger partial charge in [0.05, 0.1) is 47.6 Å². The van der Waals surface area contributed by atoms with Gasteiger partial charge in [0, 0.05) is 31.0 Å². The van der Waals surface area contributed by atoms with Gasteiger partial charge in [0.15, 0.2) is 23.0 Å². The number of ether oxygens (including phenoxy) is 6. The molecule has 0 N–H and O–H groups in total. The monoisotopic (exact) mass is 638 g/mol. The lowest BCUT2D eigenvalue weighted by atomic mass is 9.87. The summed E-state index contributed by atoms with van der Waals surface area (Å²) in [7, 11) is 10.4. The lowest BCUT2D eigenvalue weighted by Gasteiger charge is -2.49. The molecule has 0 spiro atoms. The number of nitrogens with zero attached hydrogens (tertiary/aromatic N) is 2. The smallest absolute Gasteiger partial charge is 0.204 e. The fourth-order valence-corrected chi connectivity index (χ4v) is 7.47. The van der Waals surface area contributed by atoms with Crippen LogP contribution in [0.3, 0.4) is 0 Å². The molecule has 47 heavy (non-hydrogen) atoms. The molecule has 9 heteroatoms. The van der Waals surface area contributed by atoms with Gasteiger partial charge in [-0.05, 0) is 78.5 Å². The quantitative estimate of drug-likeness (QED) is 0.172. The van der Waals surface area contributed by atoms with Gasteiger partial charge in [0.25, 0.3) is 0 Å². The summed E-state index contributed by atoms with van der Waals surface area (Å²) in [6, 6.07) is 19.9. The van der Waals surface area contributed by atoms with Crippen molar-refractivity contribution in [2.24, 2.45) is 0 Å². The zero-order valence-electron chi connectivity index (χ0n) is 27.9. The first-order valence-corrected chi connectivity index (χ1v) is 16.1. The van der Waals surface area contributed by atoms with Gasteiger partial charge in [-0.15, -0.1) is 0 Å². The molecule has 10 rings (SSSR count). The molecule has 6 heterocycles. The standard InChI is InChI=1S/C38H42N2O7/c1-39-17-15-25-21-31(42-3)35(44-5)37-33(25)29(39)19-23-7-11-28(12-8-23)47-38-34-26(22-32(43-4)36(38)45-6)16-18-40(2,41)30(34)20-24-9-13-27(46-37)14-10-24/h7-14,21-22,29-30H,15-20H2,1-6H3/t29-,30-,40+/m1/s1. The Morgan fingerprint density at radius 2 is 1.21 bits per heavy atom. The predicted octanol–water partition coefficient (Wildman–Crippen LogP) is 7.18. The zero-order chi connectivity index (χ0) is 32.9. The summed E-state index contributed by atoms with van der Waals surface area (Å²) >= 11 is 0. The van der Waals surface area contributed by atoms with Gasteiger partial charge in [-0.3, -0.25) is 4.90 Å². The molecule has 9 nitrogen and oxygen atoms in total. The topological polar surface area (TPSA) is 81.7 Å². The predicted molar refractivity (Wildman–Crippen MR) is 179 cm³/mol. The molecule has 4 bridgehead atoms. The van der Waals surface area contributed by atoms with Gasteiger partial charge in [-0.25, -0.2) is 0 Å². The molecule has 0 aromatic heterocycles. The third-order valence-corrected chi connectivity index (χ3v) is 10.1. The Kier molecular flexibility index (Phi) is 8.16. The number of hydroxylamine groups is 3. The Hall–Kier alpha value is -4.44. The molecular formula is C38H42N2O7. The SMILES string of the molecule is COc1cc2c3c(c1OC)Oc1ccc(cc1)C[C@@H]1c4c(cc(OC)c(OC)c4Oc4ccc(cc4)C[C@H]3N(C)CC2)CC[N@+]1(C)[O-]. The summed E-state index contributed by atoms with van der Waals surface area (Å²) in [6.07, 6.45) is 2.73. The first kappa shape index (κ1) is 31.2. The third kappa shape index (κ3) is 5.52. The third-order valence-electron chi connectivity index (χ3n) is 10.1. The van der Waals surface area contributed by atoms with E-state index < -0.39 is 10.7 Å². The molecule has 0 radical (unpaired) electrons. The summed E-state index contributed by atoms with van der Waals surface area (Å²) < 4.78 is 36.4. The number of likely N-dealkylation sites (N-methyl/N-ethyl adjacent to an activating group) is 2. The van der Waals surface area contributed by atoms with E-state index in [2.05, 4.69) is 30.1 Å². The number of hydrogen-bond donors (Lipinski definition) is 0. The highest BCUT2D eigenvalue weighted by Crippen LogP contribution is 2.52. The number of benzene rings is 4. The average Bonchev–Trinajstić information content (AvgIpc) is 3.07. The Labute approximate surface area is 276 Å². The van der Waals surface area contributed by atoms with E-state index in [4.69, 9.17) is 28.4 Å². The highest BCUT2D eigenvalue weighted by molar-refractivity contribution is 5.63. The van der Waals surface area contributed by atoms with E-state index >= 15 is 0 Å². The van der Waals surface area contributed by atoms with E-state index in [1.54, 1.807) is 35.5 Å². The Bertz CT molecular complexity index is 1790. The molecule has 0 saturated carbocycles. The highest BCUT2D eigenvalue weighted by atomic mass is 16.6. The van der Waals surface area contributed by atoms with Crippen LogP contribution in [-0.2, 0) is 25.7 Å². The number of quaternary nitrogens is 1. The zero-order valence-corrected chi connectivity index (χ0v) is 27.9. The lowest BCUT2D eigenvalue weighted by molar-refractivity contribution is -0.894. The second-order valence-corrected chi connectivity index (χ2v) is 12.8. The van der Waals surface area contributed by atoms with Crippen molar-refractivity contribution < 1.29 is 33.1 Å². The summed E-state index contributed by atoms with van der Waals surface area (Å²) in [5.74, 6) is 4.83. The Morgan fingerprint density at radius 1 is 0.702 bits per heavy atom. The van der Waals surface area contributed by atoms with Crippen LogP contribution in [0.1, 0.15) is 45.5 Å². The first-order valence-electron chi connectivity index (χ1n) is 16.1. The molecule has 246 valence electrons. The number of rotatable bonds is 4. The second kappa shape index (κ2) is 12.3. The molecule has 0 saturated heterocycles. The van der Waals surface area contributed by atoms with E-state index in [9.17, 15) is 5.21 Å². The normalized spacial score (nSPS) is 21.8. The molecule has 0 amide bonds. The fourth-order valence-electron chi connectivity index (χ4n) is 7.47. The fraction of sp³-hybridized carbons (Fsp3) is 0.368. The summed E-state index contributed by atoms with van der Waals surface area (Å²) in [5.41, 5.74) is 6.34. The molecule has 0 unspecified atom stereocenters. The summed E-state index contributed by atoms with van der Waals surface area (Å²) in [5, 5.41) is 14.2. The molecule has 0 fully saturated rings. The van der Waals surface area contributed by atoms with Crippen molar-refractivity contribution in [2.75, 3.05) is 55.6 Å². The molecule has 3 atom stereocenters. The van der Waals surface area contributed by atoms with Crippen LogP contribution in [-0.4, -0.2) is 65.2 Å². The van der Waals surface area contributed by atoms with Gasteiger partial charge in [-0.2, -0.15) is 0 Å². The van der Waals surface area contributed by atoms with Crippen molar-refractivity contribution in [2.45, 2.75) is 37.8 Å². The summed E-state index contributed by atoms with van der Waals surface area (Å²) in [6.45, 7) is 1.35. The summed E-state index contributed by atoms with van der Waals surface area (Å²) in [4.78, 5) is 2.37. The van der Waals surface area contributed by atoms with E-state index in [0.717, 1.165) is 47.2 Å². The van der Waals surface area contributed by atoms with E-state index in [-0.39, 0.29) is 6.04 Å². The molecule has 6 aliphatic rings. The second-order valence-electron chi connectivity index (χ2n) is 12.8. The minimum atomic E-state index is -0.432. The van der Waals surface area contributed by atoms with Crippen LogP contribution in [0.25, 0.3) is 0 Å². The maximum Gasteiger partial charge on any atom is 0.204 e. The molecule has 4 aromatic carbocycles. The highest BCUT2D eigenvalue weighted by Gasteiger charge is 2.39. The Morgan fingerprint density at radius 3 is 1.74 bits per heavy atom. The van der Waals surface area contributed by atoms with Crippen LogP contribution >= 0.6 is 0 Å². The van der Waals surface area contributed by atoms with E-state index in [1.807, 2.05) is 42.5 Å². The van der Waals surface area contributed by atoms with Crippen LogP contribution in [0.4, 0.5) is 0 Å². The van der Waals surface area contributed by atoms with Crippen molar-refractivity contribution in [3.63, 3.8) is 0 Å². The van der Waals surface area contributed by atoms with Crippen LogP contribution < -0.4 is 28.4 Å². The maximum atomic E-state index is 14.2. The Balaban J connectivity index is 1.42. The number of hydrogen-bond acceptors (Lipinski definition) is 8. The molecule has 4 aromatic rings. The minimum absolute atomic E-state index is 0.0391. The van der Waals surface area contributed by atoms with Crippen molar-refractivity contribution in [1.82, 2.24) is 4.90 Å². The molecule has 6 aliphatic heterocycles. The van der Waals surface area contributed by atoms with E-state index in [0.29, 0.717) is 65.4 Å². The van der Waals surface area contributed by atoms with Gasteiger partial charge in [0.1, 0.15) is 17.5 Å². The molecule has 0 aliphatic carbocycles. The lowest BCUT2D eigenvalue weighted by Crippen LogP contribution is -2.47. The van der Waals surface area contributed by atoms with Crippen LogP contribution in [0.5, 0.6) is 46.0 Å². The van der Waals surface area contributed by atoms with Crippen molar-refractivity contribution in [3.05, 3.63) is 99.3 Å². The minimum Gasteiger partial charge on any atom is -0.633 e. The van der Waals surface area contributed by atoms with Gasteiger partial charge >= 0.3 is 0 Å².